The van der Waals surface area contributed by atoms with E-state index in [0.29, 0.717) is 12.0 Å². The molecule has 0 aliphatic heterocycles. The van der Waals surface area contributed by atoms with Gasteiger partial charge < -0.3 is 5.73 Å². The second kappa shape index (κ2) is 5.30. The van der Waals surface area contributed by atoms with Crippen molar-refractivity contribution in [1.82, 2.24) is 4.90 Å². The maximum absolute atomic E-state index is 5.95. The van der Waals surface area contributed by atoms with Crippen molar-refractivity contribution in [3.8, 4) is 0 Å². The van der Waals surface area contributed by atoms with Crippen LogP contribution in [0.2, 0.25) is 0 Å². The molecule has 0 radical (unpaired) electrons. The molecule has 0 bridgehead atoms. The number of nitrogens with zero attached hydrogens (tertiary/aromatic N) is 1. The molecule has 2 nitrogen and oxygen atoms in total. The van der Waals surface area contributed by atoms with Gasteiger partial charge in [-0.05, 0) is 48.1 Å². The highest BCUT2D eigenvalue weighted by molar-refractivity contribution is 7.07. The smallest absolute Gasteiger partial charge is 0.0245 e. The molecule has 2 unspecified atom stereocenters. The van der Waals surface area contributed by atoms with Gasteiger partial charge in [0.05, 0.1) is 0 Å². The molecule has 2 N–H and O–H groups in total. The Morgan fingerprint density at radius 3 is 2.75 bits per heavy atom. The van der Waals surface area contributed by atoms with Gasteiger partial charge >= 0.3 is 0 Å². The molecule has 1 aliphatic carbocycles. The fourth-order valence-corrected chi connectivity index (χ4v) is 2.60. The summed E-state index contributed by atoms with van der Waals surface area (Å²) in [6.07, 6.45) is 2.74. The van der Waals surface area contributed by atoms with Crippen molar-refractivity contribution < 1.29 is 0 Å². The van der Waals surface area contributed by atoms with Crippen LogP contribution in [0.5, 0.6) is 0 Å². The predicted molar refractivity (Wildman–Crippen MR) is 70.6 cm³/mol. The van der Waals surface area contributed by atoms with E-state index in [-0.39, 0.29) is 0 Å². The lowest BCUT2D eigenvalue weighted by Gasteiger charge is -2.27. The van der Waals surface area contributed by atoms with Crippen LogP contribution in [0.1, 0.15) is 32.3 Å². The van der Waals surface area contributed by atoms with Crippen molar-refractivity contribution in [2.45, 2.75) is 45.3 Å². The van der Waals surface area contributed by atoms with Crippen LogP contribution in [-0.4, -0.2) is 23.5 Å². The number of hydrogen-bond donors (Lipinski definition) is 1. The minimum atomic E-state index is 0.295. The first-order chi connectivity index (χ1) is 7.66. The lowest BCUT2D eigenvalue weighted by atomic mass is 10.0. The van der Waals surface area contributed by atoms with Crippen LogP contribution < -0.4 is 5.73 Å². The normalized spacial score (nSPS) is 20.0. The molecule has 0 spiro atoms. The molecule has 0 amide bonds. The first-order valence-electron chi connectivity index (χ1n) is 6.17. The van der Waals surface area contributed by atoms with Crippen molar-refractivity contribution in [1.29, 1.82) is 0 Å². The van der Waals surface area contributed by atoms with Gasteiger partial charge in [0.1, 0.15) is 0 Å². The zero-order valence-corrected chi connectivity index (χ0v) is 11.0. The molecule has 1 aromatic rings. The van der Waals surface area contributed by atoms with Gasteiger partial charge in [0.25, 0.3) is 0 Å². The van der Waals surface area contributed by atoms with Crippen molar-refractivity contribution in [2.24, 2.45) is 11.7 Å². The van der Waals surface area contributed by atoms with Gasteiger partial charge in [-0.15, -0.1) is 0 Å². The topological polar surface area (TPSA) is 29.3 Å². The van der Waals surface area contributed by atoms with Crippen LogP contribution in [-0.2, 0) is 6.54 Å². The molecular formula is C13H22N2S. The summed E-state index contributed by atoms with van der Waals surface area (Å²) in [5, 5.41) is 4.42. The minimum Gasteiger partial charge on any atom is -0.328 e. The molecule has 2 atom stereocenters. The summed E-state index contributed by atoms with van der Waals surface area (Å²) >= 11 is 1.79. The van der Waals surface area contributed by atoms with E-state index in [1.165, 1.54) is 18.4 Å². The molecule has 16 heavy (non-hydrogen) atoms. The first kappa shape index (κ1) is 12.1. The van der Waals surface area contributed by atoms with Gasteiger partial charge in [0.2, 0.25) is 0 Å². The van der Waals surface area contributed by atoms with E-state index in [0.717, 1.165) is 19.1 Å². The average Bonchev–Trinajstić information content (AvgIpc) is 2.97. The Morgan fingerprint density at radius 1 is 1.50 bits per heavy atom. The maximum atomic E-state index is 5.95. The van der Waals surface area contributed by atoms with E-state index < -0.39 is 0 Å². The summed E-state index contributed by atoms with van der Waals surface area (Å²) in [6.45, 7) is 6.61. The van der Waals surface area contributed by atoms with Crippen LogP contribution >= 0.6 is 11.3 Å². The largest absolute Gasteiger partial charge is 0.328 e. The standard InChI is InChI=1S/C13H22N2S/c1-10(11(2)14)7-15(13-3-4-13)8-12-5-6-16-9-12/h5-6,9-11,13H,3-4,7-8,14H2,1-2H3. The van der Waals surface area contributed by atoms with E-state index in [2.05, 4.69) is 35.6 Å². The number of thiophene rings is 1. The van der Waals surface area contributed by atoms with E-state index in [1.54, 1.807) is 11.3 Å². The first-order valence-corrected chi connectivity index (χ1v) is 7.12. The number of nitrogens with two attached hydrogens (primary N) is 1. The van der Waals surface area contributed by atoms with Crippen LogP contribution in [0.15, 0.2) is 16.8 Å². The fourth-order valence-electron chi connectivity index (χ4n) is 1.94. The summed E-state index contributed by atoms with van der Waals surface area (Å²) in [5.41, 5.74) is 7.41. The molecule has 1 aromatic heterocycles. The second-order valence-electron chi connectivity index (χ2n) is 5.13. The van der Waals surface area contributed by atoms with E-state index in [9.17, 15) is 0 Å². The molecule has 1 heterocycles. The van der Waals surface area contributed by atoms with Gasteiger partial charge in [-0.25, -0.2) is 0 Å². The van der Waals surface area contributed by atoms with Gasteiger partial charge in [-0.1, -0.05) is 6.92 Å². The minimum absolute atomic E-state index is 0.295. The lowest BCUT2D eigenvalue weighted by molar-refractivity contribution is 0.208. The maximum Gasteiger partial charge on any atom is 0.0245 e. The monoisotopic (exact) mass is 238 g/mol. The van der Waals surface area contributed by atoms with E-state index in [4.69, 9.17) is 5.73 Å². The second-order valence-corrected chi connectivity index (χ2v) is 5.91. The molecule has 0 saturated heterocycles. The fraction of sp³-hybridized carbons (Fsp3) is 0.692. The van der Waals surface area contributed by atoms with Gasteiger partial charge in [-0.3, -0.25) is 4.90 Å². The molecule has 1 fully saturated rings. The lowest BCUT2D eigenvalue weighted by Crippen LogP contribution is -2.37. The summed E-state index contributed by atoms with van der Waals surface area (Å²) in [6, 6.07) is 3.35. The highest BCUT2D eigenvalue weighted by atomic mass is 32.1. The summed E-state index contributed by atoms with van der Waals surface area (Å²) in [7, 11) is 0. The van der Waals surface area contributed by atoms with Crippen molar-refractivity contribution >= 4 is 11.3 Å². The summed E-state index contributed by atoms with van der Waals surface area (Å²) in [4.78, 5) is 2.61. The van der Waals surface area contributed by atoms with Crippen LogP contribution in [0.25, 0.3) is 0 Å². The number of hydrogen-bond acceptors (Lipinski definition) is 3. The van der Waals surface area contributed by atoms with Crippen LogP contribution in [0.3, 0.4) is 0 Å². The Balaban J connectivity index is 1.90. The van der Waals surface area contributed by atoms with Gasteiger partial charge in [0, 0.05) is 25.2 Å². The third-order valence-corrected chi connectivity index (χ3v) is 4.18. The zero-order chi connectivity index (χ0) is 11.5. The van der Waals surface area contributed by atoms with Crippen LogP contribution in [0.4, 0.5) is 0 Å². The average molecular weight is 238 g/mol. The third kappa shape index (κ3) is 3.30. The molecular weight excluding hydrogens is 216 g/mol. The zero-order valence-electron chi connectivity index (χ0n) is 10.2. The van der Waals surface area contributed by atoms with Crippen LogP contribution in [0, 0.1) is 5.92 Å². The molecule has 2 rings (SSSR count). The van der Waals surface area contributed by atoms with Gasteiger partial charge in [-0.2, -0.15) is 11.3 Å². The highest BCUT2D eigenvalue weighted by Crippen LogP contribution is 2.29. The van der Waals surface area contributed by atoms with Crippen molar-refractivity contribution in [2.75, 3.05) is 6.54 Å². The third-order valence-electron chi connectivity index (χ3n) is 3.45. The Hall–Kier alpha value is -0.380. The SMILES string of the molecule is CC(N)C(C)CN(Cc1ccsc1)C1CC1. The van der Waals surface area contributed by atoms with Crippen molar-refractivity contribution in [3.63, 3.8) is 0 Å². The van der Waals surface area contributed by atoms with E-state index in [1.807, 2.05) is 0 Å². The molecule has 3 heteroatoms. The molecule has 90 valence electrons. The highest BCUT2D eigenvalue weighted by Gasteiger charge is 2.30. The molecule has 1 saturated carbocycles. The quantitative estimate of drug-likeness (QED) is 0.825. The molecule has 0 aromatic carbocycles. The van der Waals surface area contributed by atoms with Gasteiger partial charge in [0.15, 0.2) is 0 Å². The Bertz CT molecular complexity index is 304. The Kier molecular flexibility index (Phi) is 4.00. The summed E-state index contributed by atoms with van der Waals surface area (Å²) in [5.74, 6) is 0.583. The molecule has 1 aliphatic rings. The van der Waals surface area contributed by atoms with Crippen molar-refractivity contribution in [3.05, 3.63) is 22.4 Å². The van der Waals surface area contributed by atoms with E-state index >= 15 is 0 Å². The number of rotatable bonds is 6. The summed E-state index contributed by atoms with van der Waals surface area (Å²) < 4.78 is 0. The predicted octanol–water partition coefficient (Wildman–Crippen LogP) is 2.70. The Morgan fingerprint density at radius 2 is 2.25 bits per heavy atom. The Labute approximate surface area is 102 Å².